The highest BCUT2D eigenvalue weighted by atomic mass is 16.3. The van der Waals surface area contributed by atoms with E-state index in [0.29, 0.717) is 23.1 Å². The first-order valence-corrected chi connectivity index (χ1v) is 8.72. The molecule has 0 aromatic heterocycles. The molecule has 28 heavy (non-hydrogen) atoms. The SMILES string of the molecule is CN(C)C(=O)[C@@H]1Cc2cc(O)c(O)cc2[C@H](Cc2ccc(O)c(O)c2)N1C=O. The number of phenols is 4. The molecule has 0 aliphatic carbocycles. The Kier molecular flexibility index (Phi) is 5.04. The van der Waals surface area contributed by atoms with Crippen molar-refractivity contribution in [3.63, 3.8) is 0 Å². The molecular weight excluding hydrogens is 364 g/mol. The fourth-order valence-corrected chi connectivity index (χ4v) is 3.61. The Bertz CT molecular complexity index is 927. The molecule has 0 fully saturated rings. The third kappa shape index (κ3) is 3.40. The van der Waals surface area contributed by atoms with E-state index in [-0.39, 0.29) is 41.7 Å². The lowest BCUT2D eigenvalue weighted by molar-refractivity contribution is -0.141. The zero-order chi connectivity index (χ0) is 20.6. The molecule has 0 radical (unpaired) electrons. The molecule has 0 unspecified atom stereocenters. The summed E-state index contributed by atoms with van der Waals surface area (Å²) in [5.41, 5.74) is 1.89. The van der Waals surface area contributed by atoms with Crippen LogP contribution in [-0.2, 0) is 22.4 Å². The summed E-state index contributed by atoms with van der Waals surface area (Å²) in [6, 6.07) is 5.76. The van der Waals surface area contributed by atoms with E-state index in [9.17, 15) is 30.0 Å². The van der Waals surface area contributed by atoms with Gasteiger partial charge in [0.05, 0.1) is 6.04 Å². The van der Waals surface area contributed by atoms with Gasteiger partial charge < -0.3 is 30.2 Å². The van der Waals surface area contributed by atoms with Crippen LogP contribution in [0, 0.1) is 0 Å². The summed E-state index contributed by atoms with van der Waals surface area (Å²) in [6.45, 7) is 0. The summed E-state index contributed by atoms with van der Waals surface area (Å²) in [4.78, 5) is 27.4. The summed E-state index contributed by atoms with van der Waals surface area (Å²) in [6.07, 6.45) is 1.04. The summed E-state index contributed by atoms with van der Waals surface area (Å²) >= 11 is 0. The van der Waals surface area contributed by atoms with Gasteiger partial charge in [-0.2, -0.15) is 0 Å². The number of hydrogen-bond acceptors (Lipinski definition) is 6. The van der Waals surface area contributed by atoms with E-state index in [2.05, 4.69) is 0 Å². The van der Waals surface area contributed by atoms with Crippen LogP contribution < -0.4 is 0 Å². The van der Waals surface area contributed by atoms with Gasteiger partial charge in [0, 0.05) is 20.5 Å². The summed E-state index contributed by atoms with van der Waals surface area (Å²) < 4.78 is 0. The second kappa shape index (κ2) is 7.30. The van der Waals surface area contributed by atoms with Crippen LogP contribution in [0.3, 0.4) is 0 Å². The van der Waals surface area contributed by atoms with Gasteiger partial charge in [0.2, 0.25) is 12.3 Å². The Hall–Kier alpha value is -3.42. The van der Waals surface area contributed by atoms with E-state index in [1.54, 1.807) is 20.2 Å². The van der Waals surface area contributed by atoms with E-state index < -0.39 is 12.1 Å². The van der Waals surface area contributed by atoms with Crippen LogP contribution in [0.25, 0.3) is 0 Å². The van der Waals surface area contributed by atoms with Crippen molar-refractivity contribution in [1.82, 2.24) is 9.80 Å². The molecule has 8 nitrogen and oxygen atoms in total. The van der Waals surface area contributed by atoms with Gasteiger partial charge in [0.1, 0.15) is 6.04 Å². The van der Waals surface area contributed by atoms with Crippen LogP contribution in [-0.4, -0.2) is 62.7 Å². The largest absolute Gasteiger partial charge is 0.504 e. The maximum atomic E-state index is 12.7. The van der Waals surface area contributed by atoms with Crippen LogP contribution in [0.5, 0.6) is 23.0 Å². The molecule has 1 heterocycles. The van der Waals surface area contributed by atoms with Gasteiger partial charge in [0.25, 0.3) is 0 Å². The number of nitrogens with zero attached hydrogens (tertiary/aromatic N) is 2. The number of amides is 2. The number of phenolic OH excluding ortho intramolecular Hbond substituents is 4. The van der Waals surface area contributed by atoms with Crippen molar-refractivity contribution in [3.8, 4) is 23.0 Å². The molecule has 8 heteroatoms. The zero-order valence-electron chi connectivity index (χ0n) is 15.5. The maximum Gasteiger partial charge on any atom is 0.245 e. The molecule has 1 aliphatic rings. The third-order valence-corrected chi connectivity index (χ3v) is 5.04. The molecule has 2 atom stereocenters. The smallest absolute Gasteiger partial charge is 0.245 e. The summed E-state index contributed by atoms with van der Waals surface area (Å²) in [7, 11) is 3.20. The number of carbonyl (C=O) groups excluding carboxylic acids is 2. The minimum Gasteiger partial charge on any atom is -0.504 e. The molecule has 0 spiro atoms. The molecule has 4 N–H and O–H groups in total. The normalized spacial score (nSPS) is 18.4. The molecule has 3 rings (SSSR count). The number of likely N-dealkylation sites (N-methyl/N-ethyl adjacent to an activating group) is 1. The summed E-state index contributed by atoms with van der Waals surface area (Å²) in [5, 5.41) is 39.1. The molecule has 148 valence electrons. The Morgan fingerprint density at radius 2 is 1.71 bits per heavy atom. The minimum atomic E-state index is -0.764. The number of benzene rings is 2. The average molecular weight is 386 g/mol. The third-order valence-electron chi connectivity index (χ3n) is 5.04. The lowest BCUT2D eigenvalue weighted by Gasteiger charge is -2.41. The molecule has 1 aliphatic heterocycles. The molecule has 2 aromatic carbocycles. The van der Waals surface area contributed by atoms with E-state index in [0.717, 1.165) is 0 Å². The van der Waals surface area contributed by atoms with Gasteiger partial charge in [-0.3, -0.25) is 9.59 Å². The highest BCUT2D eigenvalue weighted by Crippen LogP contribution is 2.40. The highest BCUT2D eigenvalue weighted by Gasteiger charge is 2.38. The van der Waals surface area contributed by atoms with Crippen LogP contribution in [0.1, 0.15) is 22.7 Å². The van der Waals surface area contributed by atoms with Crippen molar-refractivity contribution in [2.75, 3.05) is 14.1 Å². The molecule has 2 aromatic rings. The van der Waals surface area contributed by atoms with Crippen LogP contribution in [0.2, 0.25) is 0 Å². The van der Waals surface area contributed by atoms with Crippen LogP contribution >= 0.6 is 0 Å². The predicted molar refractivity (Wildman–Crippen MR) is 100 cm³/mol. The van der Waals surface area contributed by atoms with Crippen molar-refractivity contribution in [3.05, 3.63) is 47.0 Å². The van der Waals surface area contributed by atoms with Crippen molar-refractivity contribution >= 4 is 12.3 Å². The van der Waals surface area contributed by atoms with Gasteiger partial charge in [0.15, 0.2) is 23.0 Å². The van der Waals surface area contributed by atoms with Gasteiger partial charge >= 0.3 is 0 Å². The van der Waals surface area contributed by atoms with Gasteiger partial charge in [-0.25, -0.2) is 0 Å². The number of rotatable bonds is 4. The molecule has 0 saturated carbocycles. The van der Waals surface area contributed by atoms with E-state index in [4.69, 9.17) is 0 Å². The number of carbonyl (C=O) groups is 2. The van der Waals surface area contributed by atoms with E-state index in [1.165, 1.54) is 34.1 Å². The standard InChI is InChI=1S/C20H22N2O6/c1-21(2)20(28)15-7-12-8-18(26)19(27)9-13(12)14(22(15)10-23)5-11-3-4-16(24)17(25)6-11/h3-4,6,8-10,14-15,24-27H,5,7H2,1-2H3/t14-,15-/m0/s1. The zero-order valence-corrected chi connectivity index (χ0v) is 15.5. The van der Waals surface area contributed by atoms with Gasteiger partial charge in [-0.05, 0) is 47.4 Å². The quantitative estimate of drug-likeness (QED) is 0.464. The van der Waals surface area contributed by atoms with Crippen molar-refractivity contribution < 1.29 is 30.0 Å². The summed E-state index contributed by atoms with van der Waals surface area (Å²) in [5.74, 6) is -1.43. The fourth-order valence-electron chi connectivity index (χ4n) is 3.61. The lowest BCUT2D eigenvalue weighted by atomic mass is 9.84. The number of aromatic hydroxyl groups is 4. The van der Waals surface area contributed by atoms with Gasteiger partial charge in [-0.1, -0.05) is 6.07 Å². The number of fused-ring (bicyclic) bond motifs is 1. The van der Waals surface area contributed by atoms with E-state index >= 15 is 0 Å². The molecule has 2 amide bonds. The molecule has 0 saturated heterocycles. The lowest BCUT2D eigenvalue weighted by Crippen LogP contribution is -2.51. The second-order valence-electron chi connectivity index (χ2n) is 7.09. The first-order valence-electron chi connectivity index (χ1n) is 8.72. The monoisotopic (exact) mass is 386 g/mol. The Morgan fingerprint density at radius 3 is 2.32 bits per heavy atom. The molecule has 0 bridgehead atoms. The minimum absolute atomic E-state index is 0.205. The van der Waals surface area contributed by atoms with E-state index in [1.807, 2.05) is 0 Å². The Morgan fingerprint density at radius 1 is 1.07 bits per heavy atom. The van der Waals surface area contributed by atoms with Crippen LogP contribution in [0.15, 0.2) is 30.3 Å². The second-order valence-corrected chi connectivity index (χ2v) is 7.09. The Balaban J connectivity index is 2.10. The van der Waals surface area contributed by atoms with Crippen molar-refractivity contribution in [1.29, 1.82) is 0 Å². The average Bonchev–Trinajstić information content (AvgIpc) is 2.65. The predicted octanol–water partition coefficient (Wildman–Crippen LogP) is 1.26. The van der Waals surface area contributed by atoms with Crippen molar-refractivity contribution in [2.24, 2.45) is 0 Å². The maximum absolute atomic E-state index is 12.7. The van der Waals surface area contributed by atoms with Crippen LogP contribution in [0.4, 0.5) is 0 Å². The first-order chi connectivity index (χ1) is 13.2. The Labute approximate surface area is 161 Å². The fraction of sp³-hybridized carbons (Fsp3) is 0.300. The van der Waals surface area contributed by atoms with Gasteiger partial charge in [-0.15, -0.1) is 0 Å². The molecular formula is C20H22N2O6. The number of hydrogen-bond donors (Lipinski definition) is 4. The highest BCUT2D eigenvalue weighted by molar-refractivity contribution is 5.84. The van der Waals surface area contributed by atoms with Crippen molar-refractivity contribution in [2.45, 2.75) is 24.9 Å². The topological polar surface area (TPSA) is 122 Å². The first kappa shape index (κ1) is 19.3.